The molecule has 2 aliphatic rings. The molecule has 28 heavy (non-hydrogen) atoms. The van der Waals surface area contributed by atoms with Crippen LogP contribution in [0.2, 0.25) is 0 Å². The average Bonchev–Trinajstić information content (AvgIpc) is 3.14. The first-order valence-electron chi connectivity index (χ1n) is 9.81. The Kier molecular flexibility index (Phi) is 5.55. The van der Waals surface area contributed by atoms with Gasteiger partial charge in [0.1, 0.15) is 11.1 Å². The number of rotatable bonds is 6. The molecule has 1 N–H and O–H groups in total. The molecule has 0 aromatic heterocycles. The third kappa shape index (κ3) is 4.00. The Morgan fingerprint density at radius 3 is 2.50 bits per heavy atom. The molecule has 0 bridgehead atoms. The van der Waals surface area contributed by atoms with Crippen LogP contribution >= 0.6 is 0 Å². The van der Waals surface area contributed by atoms with Crippen LogP contribution in [0.25, 0.3) is 0 Å². The summed E-state index contributed by atoms with van der Waals surface area (Å²) in [5.41, 5.74) is 2.47. The molecule has 5 nitrogen and oxygen atoms in total. The number of benzene rings is 2. The van der Waals surface area contributed by atoms with E-state index in [1.54, 1.807) is 6.07 Å². The maximum Gasteiger partial charge on any atom is 0.159 e. The predicted molar refractivity (Wildman–Crippen MR) is 111 cm³/mol. The zero-order valence-corrected chi connectivity index (χ0v) is 16.7. The highest BCUT2D eigenvalue weighted by Crippen LogP contribution is 2.35. The van der Waals surface area contributed by atoms with Crippen molar-refractivity contribution in [3.05, 3.63) is 59.9 Å². The summed E-state index contributed by atoms with van der Waals surface area (Å²) in [5, 5.41) is 2.75. The highest BCUT2D eigenvalue weighted by Gasteiger charge is 2.33. The second-order valence-corrected chi connectivity index (χ2v) is 9.76. The molecular weight excluding hydrogens is 377 g/mol. The van der Waals surface area contributed by atoms with Crippen molar-refractivity contribution >= 4 is 21.2 Å². The van der Waals surface area contributed by atoms with Crippen LogP contribution in [0.4, 0.5) is 15.8 Å². The predicted octanol–water partition coefficient (Wildman–Crippen LogP) is 2.92. The molecule has 4 rings (SSSR count). The zero-order chi connectivity index (χ0) is 19.6. The first kappa shape index (κ1) is 19.2. The number of hydrogen-bond acceptors (Lipinski definition) is 5. The van der Waals surface area contributed by atoms with Crippen LogP contribution in [0, 0.1) is 5.82 Å². The Morgan fingerprint density at radius 2 is 1.71 bits per heavy atom. The number of nitrogens with one attached hydrogen (secondary N) is 1. The minimum absolute atomic E-state index is 0.188. The molecule has 0 spiro atoms. The molecule has 2 aromatic carbocycles. The standard InChI is InChI=1S/C21H26FN3O2S/c22-18-7-2-4-9-20(18)25-13-11-24(12-14-25)10-5-15-28(26,27)21-16-23-19-8-3-1-6-17(19)21/h1-4,6-9,21,23H,5,10-16H2. The molecule has 150 valence electrons. The summed E-state index contributed by atoms with van der Waals surface area (Å²) in [4.78, 5) is 4.33. The molecule has 2 heterocycles. The van der Waals surface area contributed by atoms with Crippen molar-refractivity contribution in [3.8, 4) is 0 Å². The average molecular weight is 404 g/mol. The minimum Gasteiger partial charge on any atom is -0.383 e. The van der Waals surface area contributed by atoms with Gasteiger partial charge in [-0.05, 0) is 36.7 Å². The van der Waals surface area contributed by atoms with Crippen LogP contribution in [-0.2, 0) is 9.84 Å². The van der Waals surface area contributed by atoms with Crippen LogP contribution in [0.3, 0.4) is 0 Å². The van der Waals surface area contributed by atoms with E-state index in [-0.39, 0.29) is 11.6 Å². The summed E-state index contributed by atoms with van der Waals surface area (Å²) >= 11 is 0. The van der Waals surface area contributed by atoms with Crippen LogP contribution in [0.5, 0.6) is 0 Å². The summed E-state index contributed by atoms with van der Waals surface area (Å²) in [5.74, 6) is 0.00814. The monoisotopic (exact) mass is 403 g/mol. The van der Waals surface area contributed by atoms with Gasteiger partial charge in [0.2, 0.25) is 0 Å². The van der Waals surface area contributed by atoms with Gasteiger partial charge in [-0.3, -0.25) is 4.90 Å². The van der Waals surface area contributed by atoms with E-state index in [2.05, 4.69) is 15.1 Å². The van der Waals surface area contributed by atoms with Crippen molar-refractivity contribution in [2.75, 3.05) is 55.2 Å². The lowest BCUT2D eigenvalue weighted by Gasteiger charge is -2.36. The molecule has 2 aromatic rings. The van der Waals surface area contributed by atoms with Crippen molar-refractivity contribution in [1.29, 1.82) is 0 Å². The number of nitrogens with zero attached hydrogens (tertiary/aromatic N) is 2. The van der Waals surface area contributed by atoms with Crippen molar-refractivity contribution < 1.29 is 12.8 Å². The maximum atomic E-state index is 13.9. The molecule has 2 aliphatic heterocycles. The van der Waals surface area contributed by atoms with E-state index >= 15 is 0 Å². The van der Waals surface area contributed by atoms with Crippen LogP contribution in [-0.4, -0.2) is 58.3 Å². The fourth-order valence-corrected chi connectivity index (χ4v) is 5.87. The Balaban J connectivity index is 1.27. The van der Waals surface area contributed by atoms with Gasteiger partial charge in [0.25, 0.3) is 0 Å². The second-order valence-electron chi connectivity index (χ2n) is 7.46. The molecule has 1 fully saturated rings. The lowest BCUT2D eigenvalue weighted by atomic mass is 10.2. The fraction of sp³-hybridized carbons (Fsp3) is 0.429. The van der Waals surface area contributed by atoms with Gasteiger partial charge in [0.15, 0.2) is 9.84 Å². The molecular formula is C21H26FN3O2S. The molecule has 1 atom stereocenters. The number of anilines is 2. The highest BCUT2D eigenvalue weighted by molar-refractivity contribution is 7.91. The summed E-state index contributed by atoms with van der Waals surface area (Å²) < 4.78 is 39.5. The van der Waals surface area contributed by atoms with E-state index < -0.39 is 15.1 Å². The molecule has 7 heteroatoms. The highest BCUT2D eigenvalue weighted by atomic mass is 32.2. The Bertz CT molecular complexity index is 927. The number of sulfone groups is 1. The van der Waals surface area contributed by atoms with Crippen molar-refractivity contribution in [3.63, 3.8) is 0 Å². The van der Waals surface area contributed by atoms with Crippen molar-refractivity contribution in [1.82, 2.24) is 4.90 Å². The summed E-state index contributed by atoms with van der Waals surface area (Å²) in [7, 11) is -3.18. The number of hydrogen-bond donors (Lipinski definition) is 1. The Hall–Kier alpha value is -2.12. The van der Waals surface area contributed by atoms with Gasteiger partial charge in [-0.1, -0.05) is 30.3 Å². The minimum atomic E-state index is -3.18. The summed E-state index contributed by atoms with van der Waals surface area (Å²) in [6, 6.07) is 14.5. The zero-order valence-electron chi connectivity index (χ0n) is 15.9. The molecule has 0 amide bonds. The van der Waals surface area contributed by atoms with Gasteiger partial charge >= 0.3 is 0 Å². The number of piperazine rings is 1. The summed E-state index contributed by atoms with van der Waals surface area (Å²) in [6.07, 6.45) is 0.626. The molecule has 1 saturated heterocycles. The van der Waals surface area contributed by atoms with E-state index in [4.69, 9.17) is 0 Å². The Labute approximate surface area is 166 Å². The number of halogens is 1. The van der Waals surface area contributed by atoms with Crippen molar-refractivity contribution in [2.45, 2.75) is 11.7 Å². The van der Waals surface area contributed by atoms with Gasteiger partial charge in [-0.25, -0.2) is 12.8 Å². The Morgan fingerprint density at radius 1 is 1.00 bits per heavy atom. The normalized spacial score (nSPS) is 20.0. The lowest BCUT2D eigenvalue weighted by Crippen LogP contribution is -2.47. The largest absolute Gasteiger partial charge is 0.383 e. The molecule has 1 unspecified atom stereocenters. The lowest BCUT2D eigenvalue weighted by molar-refractivity contribution is 0.258. The fourth-order valence-electron chi connectivity index (χ4n) is 4.12. The van der Waals surface area contributed by atoms with E-state index in [1.165, 1.54) is 6.07 Å². The van der Waals surface area contributed by atoms with Gasteiger partial charge in [0, 0.05) is 38.4 Å². The van der Waals surface area contributed by atoms with Crippen molar-refractivity contribution in [2.24, 2.45) is 0 Å². The van der Waals surface area contributed by atoms with E-state index in [1.807, 2.05) is 36.4 Å². The topological polar surface area (TPSA) is 52.7 Å². The van der Waals surface area contributed by atoms with E-state index in [9.17, 15) is 12.8 Å². The van der Waals surface area contributed by atoms with Gasteiger partial charge in [-0.2, -0.15) is 0 Å². The second kappa shape index (κ2) is 8.09. The first-order valence-corrected chi connectivity index (χ1v) is 11.5. The third-order valence-electron chi connectivity index (χ3n) is 5.69. The SMILES string of the molecule is O=S(=O)(CCCN1CCN(c2ccccc2F)CC1)C1CNc2ccccc21. The van der Waals surface area contributed by atoms with E-state index in [0.717, 1.165) is 44.0 Å². The smallest absolute Gasteiger partial charge is 0.159 e. The van der Waals surface area contributed by atoms with Gasteiger partial charge < -0.3 is 10.2 Å². The third-order valence-corrected chi connectivity index (χ3v) is 7.83. The van der Waals surface area contributed by atoms with Crippen LogP contribution in [0.1, 0.15) is 17.2 Å². The molecule has 0 aliphatic carbocycles. The van der Waals surface area contributed by atoms with E-state index in [0.29, 0.717) is 18.7 Å². The molecule has 0 saturated carbocycles. The quantitative estimate of drug-likeness (QED) is 0.804. The first-order chi connectivity index (χ1) is 13.5. The van der Waals surface area contributed by atoms with Gasteiger partial charge in [0.05, 0.1) is 11.4 Å². The van der Waals surface area contributed by atoms with Crippen LogP contribution in [0.15, 0.2) is 48.5 Å². The molecule has 0 radical (unpaired) electrons. The number of fused-ring (bicyclic) bond motifs is 1. The van der Waals surface area contributed by atoms with Gasteiger partial charge in [-0.15, -0.1) is 0 Å². The maximum absolute atomic E-state index is 13.9. The number of para-hydroxylation sites is 2. The van der Waals surface area contributed by atoms with Crippen LogP contribution < -0.4 is 10.2 Å². The summed E-state index contributed by atoms with van der Waals surface area (Å²) in [6.45, 7) is 4.38.